The number of ether oxygens (including phenoxy) is 1. The number of benzene rings is 1. The van der Waals surface area contributed by atoms with Crippen LogP contribution in [0.3, 0.4) is 0 Å². The lowest BCUT2D eigenvalue weighted by Gasteiger charge is -2.24. The maximum absolute atomic E-state index is 14.9. The Hall–Kier alpha value is -3.40. The topological polar surface area (TPSA) is 133 Å². The molecule has 3 aromatic rings. The van der Waals surface area contributed by atoms with Crippen LogP contribution in [0, 0.1) is 11.7 Å². The van der Waals surface area contributed by atoms with Crippen molar-refractivity contribution in [2.75, 3.05) is 17.2 Å². The fourth-order valence-electron chi connectivity index (χ4n) is 4.02. The van der Waals surface area contributed by atoms with E-state index in [1.165, 1.54) is 0 Å². The summed E-state index contributed by atoms with van der Waals surface area (Å²) in [6.07, 6.45) is 3.17. The predicted molar refractivity (Wildman–Crippen MR) is 131 cm³/mol. The fourth-order valence-corrected chi connectivity index (χ4v) is 4.02. The molecule has 1 saturated carbocycles. The Morgan fingerprint density at radius 1 is 1.29 bits per heavy atom. The largest absolute Gasteiger partial charge is 0.476 e. The third-order valence-corrected chi connectivity index (χ3v) is 6.04. The molecule has 0 radical (unpaired) electrons. The van der Waals surface area contributed by atoms with Crippen molar-refractivity contribution in [2.45, 2.75) is 58.7 Å². The Labute approximate surface area is 198 Å². The lowest BCUT2D eigenvalue weighted by atomic mass is 10.0. The van der Waals surface area contributed by atoms with Crippen molar-refractivity contribution in [3.63, 3.8) is 0 Å². The van der Waals surface area contributed by atoms with Crippen LogP contribution in [0.5, 0.6) is 5.88 Å². The van der Waals surface area contributed by atoms with Gasteiger partial charge in [-0.05, 0) is 57.4 Å². The summed E-state index contributed by atoms with van der Waals surface area (Å²) < 4.78 is 22.4. The van der Waals surface area contributed by atoms with Crippen LogP contribution in [0.25, 0.3) is 10.9 Å². The Balaban J connectivity index is 1.68. The number of hydrogen-bond acceptors (Lipinski definition) is 7. The number of fused-ring (bicyclic) bond motifs is 1. The summed E-state index contributed by atoms with van der Waals surface area (Å²) in [6.45, 7) is 6.96. The van der Waals surface area contributed by atoms with Crippen LogP contribution in [-0.4, -0.2) is 39.4 Å². The van der Waals surface area contributed by atoms with Gasteiger partial charge in [0.15, 0.2) is 11.6 Å². The van der Waals surface area contributed by atoms with E-state index in [0.29, 0.717) is 30.6 Å². The van der Waals surface area contributed by atoms with Gasteiger partial charge in [-0.3, -0.25) is 9.48 Å². The number of aryl methyl sites for hydroxylation is 1. The number of primary amides is 1. The molecule has 0 aliphatic heterocycles. The lowest BCUT2D eigenvalue weighted by molar-refractivity contribution is 0.100. The van der Waals surface area contributed by atoms with Gasteiger partial charge < -0.3 is 26.8 Å². The molecule has 182 valence electrons. The molecule has 2 atom stereocenters. The van der Waals surface area contributed by atoms with E-state index in [0.717, 1.165) is 36.2 Å². The molecule has 1 amide bonds. The van der Waals surface area contributed by atoms with E-state index in [2.05, 4.69) is 20.7 Å². The molecule has 1 fully saturated rings. The molecular weight excluding hydrogens is 437 g/mol. The van der Waals surface area contributed by atoms with Crippen LogP contribution in [0.2, 0.25) is 0 Å². The third kappa shape index (κ3) is 5.06. The van der Waals surface area contributed by atoms with Crippen LogP contribution in [-0.2, 0) is 6.54 Å². The summed E-state index contributed by atoms with van der Waals surface area (Å²) in [5.74, 6) is -0.121. The number of pyridine rings is 1. The minimum atomic E-state index is -0.781. The SMILES string of the molecule is CCOc1nn(CC)c2ccc(Nc3nc(N[C@H](CC4CC4)[C@H](C)N)c(F)cc3C(N)=O)cc12. The van der Waals surface area contributed by atoms with E-state index < -0.39 is 11.7 Å². The number of halogens is 1. The quantitative estimate of drug-likeness (QED) is 0.336. The Kier molecular flexibility index (Phi) is 6.87. The van der Waals surface area contributed by atoms with Crippen LogP contribution in [0.15, 0.2) is 24.3 Å². The normalized spacial score (nSPS) is 15.2. The zero-order chi connectivity index (χ0) is 24.4. The first-order chi connectivity index (χ1) is 16.3. The second-order valence-corrected chi connectivity index (χ2v) is 8.78. The number of hydrogen-bond donors (Lipinski definition) is 4. The standard InChI is InChI=1S/C24H32FN7O2/c1-4-32-20-9-8-15(11-16(20)24(31-32)34-5-2)28-22-17(21(27)33)12-18(25)23(30-22)29-19(13(3)26)10-14-6-7-14/h8-9,11-14,19H,4-7,10,26H2,1-3H3,(H2,27,33)(H2,28,29,30)/t13-,19+/m0/s1. The maximum atomic E-state index is 14.9. The Bertz CT molecular complexity index is 1190. The monoisotopic (exact) mass is 469 g/mol. The van der Waals surface area contributed by atoms with Gasteiger partial charge in [0, 0.05) is 24.3 Å². The van der Waals surface area contributed by atoms with Crippen molar-refractivity contribution < 1.29 is 13.9 Å². The smallest absolute Gasteiger partial charge is 0.252 e. The van der Waals surface area contributed by atoms with Crippen molar-refractivity contribution >= 4 is 34.1 Å². The van der Waals surface area contributed by atoms with Gasteiger partial charge in [0.05, 0.1) is 23.1 Å². The maximum Gasteiger partial charge on any atom is 0.252 e. The van der Waals surface area contributed by atoms with Crippen molar-refractivity contribution in [1.29, 1.82) is 0 Å². The molecule has 34 heavy (non-hydrogen) atoms. The summed E-state index contributed by atoms with van der Waals surface area (Å²) in [5, 5.41) is 11.6. The van der Waals surface area contributed by atoms with Gasteiger partial charge >= 0.3 is 0 Å². The van der Waals surface area contributed by atoms with Crippen LogP contribution in [0.1, 0.15) is 50.4 Å². The second-order valence-electron chi connectivity index (χ2n) is 8.78. The summed E-state index contributed by atoms with van der Waals surface area (Å²) in [6, 6.07) is 6.39. The van der Waals surface area contributed by atoms with Crippen molar-refractivity contribution in [1.82, 2.24) is 14.8 Å². The summed E-state index contributed by atoms with van der Waals surface area (Å²) >= 11 is 0. The highest BCUT2D eigenvalue weighted by atomic mass is 19.1. The van der Waals surface area contributed by atoms with Gasteiger partial charge in [-0.15, -0.1) is 5.10 Å². The first-order valence-corrected chi connectivity index (χ1v) is 11.7. The molecule has 6 N–H and O–H groups in total. The van der Waals surface area contributed by atoms with Gasteiger partial charge in [0.2, 0.25) is 5.88 Å². The van der Waals surface area contributed by atoms with E-state index in [1.54, 1.807) is 0 Å². The van der Waals surface area contributed by atoms with E-state index in [4.69, 9.17) is 16.2 Å². The first-order valence-electron chi connectivity index (χ1n) is 11.7. The second kappa shape index (κ2) is 9.84. The number of carbonyl (C=O) groups excluding carboxylic acids is 1. The van der Waals surface area contributed by atoms with E-state index in [9.17, 15) is 9.18 Å². The number of nitrogens with one attached hydrogen (secondary N) is 2. The van der Waals surface area contributed by atoms with Gasteiger partial charge in [0.25, 0.3) is 5.91 Å². The number of carbonyl (C=O) groups is 1. The zero-order valence-electron chi connectivity index (χ0n) is 19.8. The highest BCUT2D eigenvalue weighted by Crippen LogP contribution is 2.35. The van der Waals surface area contributed by atoms with Gasteiger partial charge in [-0.2, -0.15) is 0 Å². The molecular formula is C24H32FN7O2. The molecule has 0 saturated heterocycles. The average molecular weight is 470 g/mol. The van der Waals surface area contributed by atoms with E-state index in [-0.39, 0.29) is 29.3 Å². The minimum Gasteiger partial charge on any atom is -0.476 e. The van der Waals surface area contributed by atoms with Crippen LogP contribution < -0.4 is 26.8 Å². The first kappa shape index (κ1) is 23.7. The lowest BCUT2D eigenvalue weighted by Crippen LogP contribution is -2.39. The summed E-state index contributed by atoms with van der Waals surface area (Å²) in [4.78, 5) is 16.4. The molecule has 0 bridgehead atoms. The molecule has 1 aliphatic carbocycles. The number of amides is 1. The van der Waals surface area contributed by atoms with Gasteiger partial charge in [0.1, 0.15) is 5.82 Å². The molecule has 9 nitrogen and oxygen atoms in total. The summed E-state index contributed by atoms with van der Waals surface area (Å²) in [5.41, 5.74) is 13.2. The zero-order valence-corrected chi connectivity index (χ0v) is 19.8. The fraction of sp³-hybridized carbons (Fsp3) is 0.458. The summed E-state index contributed by atoms with van der Waals surface area (Å²) in [7, 11) is 0. The third-order valence-electron chi connectivity index (χ3n) is 6.04. The predicted octanol–water partition coefficient (Wildman–Crippen LogP) is 3.76. The van der Waals surface area contributed by atoms with Gasteiger partial charge in [-0.1, -0.05) is 12.8 Å². The number of rotatable bonds is 11. The molecule has 4 rings (SSSR count). The molecule has 2 heterocycles. The number of anilines is 3. The van der Waals surface area contributed by atoms with Crippen molar-refractivity contribution in [3.05, 3.63) is 35.6 Å². The highest BCUT2D eigenvalue weighted by Gasteiger charge is 2.28. The molecule has 0 spiro atoms. The van der Waals surface area contributed by atoms with Crippen LogP contribution >= 0.6 is 0 Å². The van der Waals surface area contributed by atoms with E-state index in [1.807, 2.05) is 43.7 Å². The molecule has 10 heteroatoms. The average Bonchev–Trinajstić information content (AvgIpc) is 3.55. The molecule has 0 unspecified atom stereocenters. The van der Waals surface area contributed by atoms with Crippen molar-refractivity contribution in [2.24, 2.45) is 17.4 Å². The highest BCUT2D eigenvalue weighted by molar-refractivity contribution is 5.99. The Morgan fingerprint density at radius 2 is 2.06 bits per heavy atom. The molecule has 1 aromatic carbocycles. The number of nitrogens with two attached hydrogens (primary N) is 2. The van der Waals surface area contributed by atoms with Gasteiger partial charge in [-0.25, -0.2) is 9.37 Å². The Morgan fingerprint density at radius 3 is 2.68 bits per heavy atom. The van der Waals surface area contributed by atoms with Crippen molar-refractivity contribution in [3.8, 4) is 5.88 Å². The molecule has 2 aromatic heterocycles. The number of nitrogens with zero attached hydrogens (tertiary/aromatic N) is 3. The van der Waals surface area contributed by atoms with E-state index >= 15 is 0 Å². The van der Waals surface area contributed by atoms with Crippen LogP contribution in [0.4, 0.5) is 21.7 Å². The molecule has 1 aliphatic rings. The minimum absolute atomic E-state index is 0.0327. The number of aromatic nitrogens is 3.